The second kappa shape index (κ2) is 12.2. The molecule has 49 heavy (non-hydrogen) atoms. The van der Waals surface area contributed by atoms with Gasteiger partial charge in [0.05, 0.1) is 0 Å². The van der Waals surface area contributed by atoms with Crippen LogP contribution in [0, 0.1) is 0 Å². The fourth-order valence-electron chi connectivity index (χ4n) is 7.23. The molecule has 0 atom stereocenters. The Kier molecular flexibility index (Phi) is 7.14. The van der Waals surface area contributed by atoms with Crippen LogP contribution in [0.1, 0.15) is 0 Å². The molecule has 0 fully saturated rings. The summed E-state index contributed by atoms with van der Waals surface area (Å²) in [6, 6.07) is 62.5. The van der Waals surface area contributed by atoms with Gasteiger partial charge in [0.15, 0.2) is 0 Å². The van der Waals surface area contributed by atoms with Gasteiger partial charge in [-0.2, -0.15) is 0 Å². The molecule has 0 bridgehead atoms. The lowest BCUT2D eigenvalue weighted by molar-refractivity contribution is 1.13. The lowest BCUT2D eigenvalue weighted by Crippen LogP contribution is -2.12. The zero-order valence-corrected chi connectivity index (χ0v) is 26.7. The SMILES string of the molecule is c1ccc(-c2cc(-c3ccccc3)c3c4ccc(N(c5ccccn5)c5ccccn5)cc4c4ccccc4c3c2-c2ccccc2)cc1. The first-order chi connectivity index (χ1) is 24.3. The van der Waals surface area contributed by atoms with E-state index in [1.807, 2.05) is 48.8 Å². The summed E-state index contributed by atoms with van der Waals surface area (Å²) in [5.74, 6) is 1.63. The van der Waals surface area contributed by atoms with E-state index in [1.165, 1.54) is 65.7 Å². The number of benzene rings is 7. The predicted molar refractivity (Wildman–Crippen MR) is 206 cm³/mol. The van der Waals surface area contributed by atoms with Crippen LogP contribution in [0.25, 0.3) is 65.7 Å². The van der Waals surface area contributed by atoms with Crippen LogP contribution < -0.4 is 4.90 Å². The van der Waals surface area contributed by atoms with E-state index in [0.29, 0.717) is 0 Å². The van der Waals surface area contributed by atoms with Gasteiger partial charge in [0, 0.05) is 18.1 Å². The zero-order valence-electron chi connectivity index (χ0n) is 26.7. The van der Waals surface area contributed by atoms with E-state index in [0.717, 1.165) is 17.3 Å². The van der Waals surface area contributed by atoms with Crippen molar-refractivity contribution < 1.29 is 0 Å². The van der Waals surface area contributed by atoms with Gasteiger partial charge in [-0.15, -0.1) is 0 Å². The van der Waals surface area contributed by atoms with E-state index in [4.69, 9.17) is 9.97 Å². The molecule has 3 heteroatoms. The lowest BCUT2D eigenvalue weighted by Gasteiger charge is -2.25. The number of fused-ring (bicyclic) bond motifs is 6. The molecule has 0 aliphatic heterocycles. The summed E-state index contributed by atoms with van der Waals surface area (Å²) in [7, 11) is 0. The molecule has 2 heterocycles. The lowest BCUT2D eigenvalue weighted by atomic mass is 9.81. The fourth-order valence-corrected chi connectivity index (χ4v) is 7.23. The summed E-state index contributed by atoms with van der Waals surface area (Å²) in [4.78, 5) is 11.6. The molecule has 0 radical (unpaired) electrons. The number of hydrogen-bond acceptors (Lipinski definition) is 3. The maximum absolute atomic E-state index is 4.75. The average Bonchev–Trinajstić information content (AvgIpc) is 3.19. The van der Waals surface area contributed by atoms with Gasteiger partial charge in [-0.05, 0) is 108 Å². The molecule has 230 valence electrons. The maximum atomic E-state index is 4.75. The van der Waals surface area contributed by atoms with Crippen LogP contribution in [0.2, 0.25) is 0 Å². The molecule has 9 aromatic rings. The van der Waals surface area contributed by atoms with Gasteiger partial charge in [-0.3, -0.25) is 4.90 Å². The molecule has 3 nitrogen and oxygen atoms in total. The largest absolute Gasteiger partial charge is 0.279 e. The molecule has 0 saturated carbocycles. The van der Waals surface area contributed by atoms with Crippen molar-refractivity contribution in [1.29, 1.82) is 0 Å². The van der Waals surface area contributed by atoms with Crippen LogP contribution in [-0.4, -0.2) is 9.97 Å². The van der Waals surface area contributed by atoms with Crippen molar-refractivity contribution in [3.63, 3.8) is 0 Å². The van der Waals surface area contributed by atoms with Crippen LogP contribution in [-0.2, 0) is 0 Å². The van der Waals surface area contributed by atoms with Crippen LogP contribution in [0.4, 0.5) is 17.3 Å². The molecular weight excluding hydrogens is 595 g/mol. The van der Waals surface area contributed by atoms with Gasteiger partial charge in [0.1, 0.15) is 11.6 Å². The minimum absolute atomic E-state index is 0.814. The molecule has 0 aliphatic carbocycles. The molecule has 0 spiro atoms. The highest BCUT2D eigenvalue weighted by molar-refractivity contribution is 6.33. The van der Waals surface area contributed by atoms with Crippen molar-refractivity contribution in [1.82, 2.24) is 9.97 Å². The van der Waals surface area contributed by atoms with Crippen molar-refractivity contribution in [2.24, 2.45) is 0 Å². The topological polar surface area (TPSA) is 29.0 Å². The standard InChI is InChI=1S/C46H31N3/c1-4-16-32(17-5-1)39-31-40(33-18-6-2-7-19-33)45-38-27-26-35(49(42-24-12-14-28-47-42)43-25-13-15-29-48-43)30-41(38)36-22-10-11-23-37(36)46(45)44(39)34-20-8-3-9-21-34/h1-31H. The Morgan fingerprint density at radius 3 is 1.45 bits per heavy atom. The molecule has 0 unspecified atom stereocenters. The van der Waals surface area contributed by atoms with Crippen molar-refractivity contribution in [2.45, 2.75) is 0 Å². The van der Waals surface area contributed by atoms with Crippen molar-refractivity contribution in [3.05, 3.63) is 188 Å². The monoisotopic (exact) mass is 625 g/mol. The normalized spacial score (nSPS) is 11.3. The summed E-state index contributed by atoms with van der Waals surface area (Å²) in [5, 5.41) is 7.31. The third kappa shape index (κ3) is 5.00. The summed E-state index contributed by atoms with van der Waals surface area (Å²) < 4.78 is 0. The van der Waals surface area contributed by atoms with E-state index < -0.39 is 0 Å². The summed E-state index contributed by atoms with van der Waals surface area (Å²) in [6.45, 7) is 0. The van der Waals surface area contributed by atoms with Gasteiger partial charge in [0.2, 0.25) is 0 Å². The number of rotatable bonds is 6. The van der Waals surface area contributed by atoms with E-state index in [-0.39, 0.29) is 0 Å². The molecule has 7 aromatic carbocycles. The Labute approximate surface area is 285 Å². The zero-order chi connectivity index (χ0) is 32.6. The fraction of sp³-hybridized carbons (Fsp3) is 0. The second-order valence-corrected chi connectivity index (χ2v) is 12.2. The van der Waals surface area contributed by atoms with Gasteiger partial charge in [0.25, 0.3) is 0 Å². The van der Waals surface area contributed by atoms with Gasteiger partial charge >= 0.3 is 0 Å². The smallest absolute Gasteiger partial charge is 0.138 e. The highest BCUT2D eigenvalue weighted by atomic mass is 15.2. The van der Waals surface area contributed by atoms with Crippen LogP contribution >= 0.6 is 0 Å². The summed E-state index contributed by atoms with van der Waals surface area (Å²) >= 11 is 0. The summed E-state index contributed by atoms with van der Waals surface area (Å²) in [6.07, 6.45) is 3.66. The Hall–Kier alpha value is -6.58. The first-order valence-electron chi connectivity index (χ1n) is 16.6. The van der Waals surface area contributed by atoms with Crippen LogP contribution in [0.5, 0.6) is 0 Å². The number of nitrogens with zero attached hydrogens (tertiary/aromatic N) is 3. The molecule has 0 aliphatic rings. The first-order valence-corrected chi connectivity index (χ1v) is 16.6. The molecule has 0 amide bonds. The average molecular weight is 626 g/mol. The second-order valence-electron chi connectivity index (χ2n) is 12.2. The van der Waals surface area contributed by atoms with Crippen LogP contribution in [0.15, 0.2) is 188 Å². The highest BCUT2D eigenvalue weighted by Crippen LogP contribution is 2.49. The molecule has 0 saturated heterocycles. The first kappa shape index (κ1) is 28.6. The quantitative estimate of drug-likeness (QED) is 0.172. The third-order valence-corrected chi connectivity index (χ3v) is 9.33. The number of hydrogen-bond donors (Lipinski definition) is 0. The van der Waals surface area contributed by atoms with E-state index in [9.17, 15) is 0 Å². The highest BCUT2D eigenvalue weighted by Gasteiger charge is 2.23. The van der Waals surface area contributed by atoms with Crippen LogP contribution in [0.3, 0.4) is 0 Å². The number of pyridine rings is 2. The Morgan fingerprint density at radius 2 is 0.857 bits per heavy atom. The molecular formula is C46H31N3. The maximum Gasteiger partial charge on any atom is 0.138 e. The molecule has 9 rings (SSSR count). The van der Waals surface area contributed by atoms with Crippen molar-refractivity contribution >= 4 is 49.6 Å². The number of aromatic nitrogens is 2. The molecule has 2 aromatic heterocycles. The third-order valence-electron chi connectivity index (χ3n) is 9.33. The Bertz CT molecular complexity index is 2530. The Morgan fingerprint density at radius 1 is 0.347 bits per heavy atom. The van der Waals surface area contributed by atoms with Gasteiger partial charge < -0.3 is 0 Å². The van der Waals surface area contributed by atoms with Crippen molar-refractivity contribution in [3.8, 4) is 33.4 Å². The van der Waals surface area contributed by atoms with E-state index in [1.54, 1.807) is 0 Å². The number of anilines is 3. The Balaban J connectivity index is 1.46. The van der Waals surface area contributed by atoms with Gasteiger partial charge in [-0.1, -0.05) is 133 Å². The van der Waals surface area contributed by atoms with E-state index >= 15 is 0 Å². The van der Waals surface area contributed by atoms with Crippen molar-refractivity contribution in [2.75, 3.05) is 4.90 Å². The predicted octanol–water partition coefficient (Wildman–Crippen LogP) is 12.4. The van der Waals surface area contributed by atoms with Gasteiger partial charge in [-0.25, -0.2) is 9.97 Å². The minimum Gasteiger partial charge on any atom is -0.279 e. The molecule has 0 N–H and O–H groups in total. The minimum atomic E-state index is 0.814. The summed E-state index contributed by atoms with van der Waals surface area (Å²) in [5.41, 5.74) is 8.25. The van der Waals surface area contributed by atoms with E-state index in [2.05, 4.69) is 144 Å².